The number of anilines is 3. The second-order valence-corrected chi connectivity index (χ2v) is 9.02. The standard InChI is InChI=1S/C20H15ClN4O2S2/c21-15-2-1-3-18(12-15)29(26,27)25-17-6-4-16(5-7-17)23-20-24-19(13-28-20)14-8-10-22-11-9-14/h1-13,25H,(H,23,24). The molecular formula is C20H15ClN4O2S2. The predicted octanol–water partition coefficient (Wildman–Crippen LogP) is 5.40. The van der Waals surface area contributed by atoms with Crippen LogP contribution in [0.4, 0.5) is 16.5 Å². The highest BCUT2D eigenvalue weighted by molar-refractivity contribution is 7.92. The Labute approximate surface area is 177 Å². The van der Waals surface area contributed by atoms with Crippen molar-refractivity contribution in [1.82, 2.24) is 9.97 Å². The van der Waals surface area contributed by atoms with Crippen LogP contribution in [0.15, 0.2) is 83.3 Å². The lowest BCUT2D eigenvalue weighted by Crippen LogP contribution is -2.12. The first kappa shape index (κ1) is 19.4. The van der Waals surface area contributed by atoms with Gasteiger partial charge in [-0.2, -0.15) is 0 Å². The molecule has 0 aliphatic heterocycles. The lowest BCUT2D eigenvalue weighted by atomic mass is 10.2. The molecule has 0 unspecified atom stereocenters. The molecule has 9 heteroatoms. The Bertz CT molecular complexity index is 1230. The highest BCUT2D eigenvalue weighted by atomic mass is 35.5. The number of aromatic nitrogens is 2. The van der Waals surface area contributed by atoms with Crippen LogP contribution in [0.1, 0.15) is 0 Å². The summed E-state index contributed by atoms with van der Waals surface area (Å²) in [4.78, 5) is 8.68. The van der Waals surface area contributed by atoms with Crippen LogP contribution < -0.4 is 10.0 Å². The fraction of sp³-hybridized carbons (Fsp3) is 0. The molecule has 0 aliphatic carbocycles. The first-order chi connectivity index (χ1) is 14.0. The number of halogens is 1. The molecule has 0 saturated heterocycles. The molecule has 6 nitrogen and oxygen atoms in total. The Morgan fingerprint density at radius 2 is 1.66 bits per heavy atom. The zero-order valence-corrected chi connectivity index (χ0v) is 17.3. The Morgan fingerprint density at radius 1 is 0.931 bits per heavy atom. The summed E-state index contributed by atoms with van der Waals surface area (Å²) in [6.07, 6.45) is 3.45. The van der Waals surface area contributed by atoms with Crippen molar-refractivity contribution in [3.63, 3.8) is 0 Å². The number of nitrogens with zero attached hydrogens (tertiary/aromatic N) is 2. The van der Waals surface area contributed by atoms with E-state index in [0.29, 0.717) is 10.7 Å². The monoisotopic (exact) mass is 442 g/mol. The molecule has 2 aromatic carbocycles. The fourth-order valence-electron chi connectivity index (χ4n) is 2.58. The molecule has 4 rings (SSSR count). The third kappa shape index (κ3) is 4.73. The van der Waals surface area contributed by atoms with Gasteiger partial charge in [0.1, 0.15) is 0 Å². The topological polar surface area (TPSA) is 84.0 Å². The Kier molecular flexibility index (Phi) is 5.48. The van der Waals surface area contributed by atoms with Crippen LogP contribution in [-0.4, -0.2) is 18.4 Å². The molecule has 0 fully saturated rings. The van der Waals surface area contributed by atoms with E-state index in [9.17, 15) is 8.42 Å². The number of hydrogen-bond acceptors (Lipinski definition) is 6. The Morgan fingerprint density at radius 3 is 2.38 bits per heavy atom. The van der Waals surface area contributed by atoms with Crippen molar-refractivity contribution in [1.29, 1.82) is 0 Å². The SMILES string of the molecule is O=S(=O)(Nc1ccc(Nc2nc(-c3ccncc3)cs2)cc1)c1cccc(Cl)c1. The highest BCUT2D eigenvalue weighted by Gasteiger charge is 2.14. The Balaban J connectivity index is 1.45. The van der Waals surface area contributed by atoms with Crippen molar-refractivity contribution < 1.29 is 8.42 Å². The summed E-state index contributed by atoms with van der Waals surface area (Å²) in [5, 5.41) is 6.29. The van der Waals surface area contributed by atoms with Gasteiger partial charge < -0.3 is 5.32 Å². The van der Waals surface area contributed by atoms with Gasteiger partial charge in [-0.3, -0.25) is 9.71 Å². The largest absolute Gasteiger partial charge is 0.332 e. The summed E-state index contributed by atoms with van der Waals surface area (Å²) in [6.45, 7) is 0. The average Bonchev–Trinajstić information content (AvgIpc) is 3.18. The van der Waals surface area contributed by atoms with Crippen molar-refractivity contribution in [3.8, 4) is 11.3 Å². The minimum atomic E-state index is -3.71. The number of benzene rings is 2. The second-order valence-electron chi connectivity index (χ2n) is 6.04. The quantitative estimate of drug-likeness (QED) is 0.417. The first-order valence-corrected chi connectivity index (χ1v) is 11.3. The fourth-order valence-corrected chi connectivity index (χ4v) is 4.68. The molecule has 0 bridgehead atoms. The zero-order valence-electron chi connectivity index (χ0n) is 14.9. The van der Waals surface area contributed by atoms with E-state index >= 15 is 0 Å². The van der Waals surface area contributed by atoms with Gasteiger partial charge in [0, 0.05) is 39.7 Å². The van der Waals surface area contributed by atoms with Gasteiger partial charge in [-0.05, 0) is 54.6 Å². The number of pyridine rings is 1. The smallest absolute Gasteiger partial charge is 0.261 e. The van der Waals surface area contributed by atoms with E-state index in [1.807, 2.05) is 17.5 Å². The average molecular weight is 443 g/mol. The number of thiazole rings is 1. The van der Waals surface area contributed by atoms with Gasteiger partial charge >= 0.3 is 0 Å². The highest BCUT2D eigenvalue weighted by Crippen LogP contribution is 2.27. The van der Waals surface area contributed by atoms with E-state index in [1.165, 1.54) is 23.5 Å². The van der Waals surface area contributed by atoms with E-state index in [4.69, 9.17) is 11.6 Å². The second kappa shape index (κ2) is 8.20. The van der Waals surface area contributed by atoms with Gasteiger partial charge in [0.15, 0.2) is 5.13 Å². The number of nitrogens with one attached hydrogen (secondary N) is 2. The van der Waals surface area contributed by atoms with Crippen LogP contribution in [0.2, 0.25) is 5.02 Å². The van der Waals surface area contributed by atoms with Crippen LogP contribution in [0.5, 0.6) is 0 Å². The Hall–Kier alpha value is -2.94. The van der Waals surface area contributed by atoms with E-state index < -0.39 is 10.0 Å². The van der Waals surface area contributed by atoms with Gasteiger partial charge in [-0.15, -0.1) is 11.3 Å². The lowest BCUT2D eigenvalue weighted by Gasteiger charge is -2.09. The molecule has 2 aromatic heterocycles. The van der Waals surface area contributed by atoms with Gasteiger partial charge in [-0.1, -0.05) is 17.7 Å². The van der Waals surface area contributed by atoms with Gasteiger partial charge in [0.25, 0.3) is 10.0 Å². The van der Waals surface area contributed by atoms with Gasteiger partial charge in [0.05, 0.1) is 10.6 Å². The maximum Gasteiger partial charge on any atom is 0.261 e. The van der Waals surface area contributed by atoms with Gasteiger partial charge in [-0.25, -0.2) is 13.4 Å². The molecule has 0 saturated carbocycles. The van der Waals surface area contributed by atoms with E-state index in [-0.39, 0.29) is 4.90 Å². The normalized spacial score (nSPS) is 11.2. The summed E-state index contributed by atoms with van der Waals surface area (Å²) in [5.41, 5.74) is 3.11. The summed E-state index contributed by atoms with van der Waals surface area (Å²) in [5.74, 6) is 0. The molecule has 0 spiro atoms. The van der Waals surface area contributed by atoms with Crippen LogP contribution in [0, 0.1) is 0 Å². The van der Waals surface area contributed by atoms with E-state index in [2.05, 4.69) is 20.0 Å². The van der Waals surface area contributed by atoms with Crippen molar-refractivity contribution in [2.75, 3.05) is 10.0 Å². The molecule has 2 N–H and O–H groups in total. The van der Waals surface area contributed by atoms with Crippen LogP contribution in [0.25, 0.3) is 11.3 Å². The summed E-state index contributed by atoms with van der Waals surface area (Å²) in [6, 6.07) is 16.9. The third-order valence-corrected chi connectivity index (χ3v) is 6.35. The molecule has 0 radical (unpaired) electrons. The molecule has 0 amide bonds. The summed E-state index contributed by atoms with van der Waals surface area (Å²) >= 11 is 7.37. The maximum atomic E-state index is 12.5. The third-order valence-electron chi connectivity index (χ3n) is 3.98. The molecule has 4 aromatic rings. The summed E-state index contributed by atoms with van der Waals surface area (Å²) in [7, 11) is -3.71. The minimum absolute atomic E-state index is 0.110. The number of hydrogen-bond donors (Lipinski definition) is 2. The first-order valence-electron chi connectivity index (χ1n) is 8.51. The van der Waals surface area contributed by atoms with E-state index in [1.54, 1.807) is 48.8 Å². The van der Waals surface area contributed by atoms with Gasteiger partial charge in [0.2, 0.25) is 0 Å². The molecule has 29 heavy (non-hydrogen) atoms. The lowest BCUT2D eigenvalue weighted by molar-refractivity contribution is 0.601. The van der Waals surface area contributed by atoms with Crippen molar-refractivity contribution in [2.45, 2.75) is 4.90 Å². The minimum Gasteiger partial charge on any atom is -0.332 e. The van der Waals surface area contributed by atoms with Crippen LogP contribution in [0.3, 0.4) is 0 Å². The molecule has 0 aliphatic rings. The molecule has 146 valence electrons. The van der Waals surface area contributed by atoms with E-state index in [0.717, 1.165) is 22.1 Å². The van der Waals surface area contributed by atoms with Crippen LogP contribution >= 0.6 is 22.9 Å². The molecule has 0 atom stereocenters. The molecular weight excluding hydrogens is 428 g/mol. The van der Waals surface area contributed by atoms with Crippen molar-refractivity contribution in [2.24, 2.45) is 0 Å². The van der Waals surface area contributed by atoms with Crippen molar-refractivity contribution >= 4 is 49.5 Å². The maximum absolute atomic E-state index is 12.5. The number of rotatable bonds is 6. The zero-order chi connectivity index (χ0) is 20.3. The number of sulfonamides is 1. The predicted molar refractivity (Wildman–Crippen MR) is 117 cm³/mol. The van der Waals surface area contributed by atoms with Crippen LogP contribution in [-0.2, 0) is 10.0 Å². The molecule has 2 heterocycles. The van der Waals surface area contributed by atoms with Crippen molar-refractivity contribution in [3.05, 3.63) is 83.5 Å². The summed E-state index contributed by atoms with van der Waals surface area (Å²) < 4.78 is 27.5.